The molecule has 0 aliphatic rings. The summed E-state index contributed by atoms with van der Waals surface area (Å²) >= 11 is 8.90. The first-order chi connectivity index (χ1) is 9.95. The molecule has 2 rings (SSSR count). The molecular weight excluding hydrogens is 362 g/mol. The SMILES string of the molecule is C[C@H](OC(=O)c1ccc(Br)o1)C(=O)Nc1cccc(Cl)c1. The Hall–Kier alpha value is -1.79. The van der Waals surface area contributed by atoms with E-state index in [4.69, 9.17) is 20.8 Å². The Labute approximate surface area is 134 Å². The van der Waals surface area contributed by atoms with Crippen molar-refractivity contribution in [3.8, 4) is 0 Å². The van der Waals surface area contributed by atoms with Crippen molar-refractivity contribution >= 4 is 45.1 Å². The number of halogens is 2. The van der Waals surface area contributed by atoms with Gasteiger partial charge in [0.05, 0.1) is 0 Å². The van der Waals surface area contributed by atoms with Crippen LogP contribution in [0.25, 0.3) is 0 Å². The summed E-state index contributed by atoms with van der Waals surface area (Å²) in [7, 11) is 0. The van der Waals surface area contributed by atoms with Crippen LogP contribution in [0.15, 0.2) is 45.5 Å². The average molecular weight is 373 g/mol. The maximum Gasteiger partial charge on any atom is 0.375 e. The molecule has 1 aromatic heterocycles. The molecule has 0 fully saturated rings. The lowest BCUT2D eigenvalue weighted by Crippen LogP contribution is -2.29. The smallest absolute Gasteiger partial charge is 0.375 e. The van der Waals surface area contributed by atoms with E-state index in [9.17, 15) is 9.59 Å². The number of ether oxygens (including phenoxy) is 1. The van der Waals surface area contributed by atoms with Gasteiger partial charge >= 0.3 is 5.97 Å². The van der Waals surface area contributed by atoms with Gasteiger partial charge in [-0.3, -0.25) is 4.79 Å². The van der Waals surface area contributed by atoms with Gasteiger partial charge in [0.25, 0.3) is 5.91 Å². The Morgan fingerprint density at radius 3 is 2.71 bits per heavy atom. The molecule has 1 N–H and O–H groups in total. The molecule has 1 heterocycles. The zero-order chi connectivity index (χ0) is 15.4. The van der Waals surface area contributed by atoms with E-state index in [0.717, 1.165) is 0 Å². The van der Waals surface area contributed by atoms with Crippen molar-refractivity contribution < 1.29 is 18.7 Å². The Morgan fingerprint density at radius 2 is 2.10 bits per heavy atom. The minimum atomic E-state index is -0.972. The third-order valence-corrected chi connectivity index (χ3v) is 3.18. The lowest BCUT2D eigenvalue weighted by Gasteiger charge is -2.12. The van der Waals surface area contributed by atoms with Crippen molar-refractivity contribution in [3.63, 3.8) is 0 Å². The number of anilines is 1. The van der Waals surface area contributed by atoms with Crippen molar-refractivity contribution in [2.75, 3.05) is 5.32 Å². The molecule has 21 heavy (non-hydrogen) atoms. The van der Waals surface area contributed by atoms with Gasteiger partial charge in [0.2, 0.25) is 5.76 Å². The van der Waals surface area contributed by atoms with Crippen molar-refractivity contribution in [1.82, 2.24) is 0 Å². The summed E-state index contributed by atoms with van der Waals surface area (Å²) in [4.78, 5) is 23.7. The predicted molar refractivity (Wildman–Crippen MR) is 81.4 cm³/mol. The lowest BCUT2D eigenvalue weighted by molar-refractivity contribution is -0.123. The van der Waals surface area contributed by atoms with Gasteiger partial charge in [0.1, 0.15) is 0 Å². The molecule has 7 heteroatoms. The quantitative estimate of drug-likeness (QED) is 0.827. The largest absolute Gasteiger partial charge is 0.447 e. The summed E-state index contributed by atoms with van der Waals surface area (Å²) in [5.41, 5.74) is 0.524. The predicted octanol–water partition coefficient (Wildman–Crippen LogP) is 3.88. The van der Waals surface area contributed by atoms with Gasteiger partial charge in [0, 0.05) is 10.7 Å². The first-order valence-electron chi connectivity index (χ1n) is 5.98. The summed E-state index contributed by atoms with van der Waals surface area (Å²) in [6, 6.07) is 9.69. The maximum atomic E-state index is 11.9. The highest BCUT2D eigenvalue weighted by Gasteiger charge is 2.21. The number of rotatable bonds is 4. The molecule has 0 saturated carbocycles. The highest BCUT2D eigenvalue weighted by molar-refractivity contribution is 9.10. The standard InChI is InChI=1S/C14H11BrClNO4/c1-8(20-14(19)11-5-6-12(15)21-11)13(18)17-10-4-2-3-9(16)7-10/h2-8H,1H3,(H,17,18)/t8-/m0/s1. The van der Waals surface area contributed by atoms with Crippen LogP contribution in [-0.4, -0.2) is 18.0 Å². The van der Waals surface area contributed by atoms with Crippen LogP contribution < -0.4 is 5.32 Å². The second-order valence-electron chi connectivity index (χ2n) is 4.15. The van der Waals surface area contributed by atoms with Crippen LogP contribution in [0.1, 0.15) is 17.5 Å². The second kappa shape index (κ2) is 6.78. The first-order valence-corrected chi connectivity index (χ1v) is 7.15. The number of amides is 1. The van der Waals surface area contributed by atoms with Crippen LogP contribution in [-0.2, 0) is 9.53 Å². The number of esters is 1. The Kier molecular flexibility index (Phi) is 5.03. The molecule has 0 aliphatic heterocycles. The Bertz CT molecular complexity index is 670. The van der Waals surface area contributed by atoms with Crippen LogP contribution in [0.5, 0.6) is 0 Å². The fraction of sp³-hybridized carbons (Fsp3) is 0.143. The minimum absolute atomic E-state index is 0.0179. The molecule has 0 aliphatic carbocycles. The normalized spacial score (nSPS) is 11.8. The zero-order valence-corrected chi connectivity index (χ0v) is 13.3. The van der Waals surface area contributed by atoms with E-state index >= 15 is 0 Å². The van der Waals surface area contributed by atoms with Gasteiger partial charge in [-0.15, -0.1) is 0 Å². The van der Waals surface area contributed by atoms with Gasteiger partial charge in [-0.05, 0) is 53.2 Å². The second-order valence-corrected chi connectivity index (χ2v) is 5.37. The van der Waals surface area contributed by atoms with E-state index in [1.54, 1.807) is 30.3 Å². The van der Waals surface area contributed by atoms with Crippen LogP contribution >= 0.6 is 27.5 Å². The van der Waals surface area contributed by atoms with Crippen molar-refractivity contribution in [3.05, 3.63) is 51.9 Å². The molecule has 0 radical (unpaired) electrons. The minimum Gasteiger partial charge on any atom is -0.447 e. The Balaban J connectivity index is 1.95. The van der Waals surface area contributed by atoms with E-state index in [0.29, 0.717) is 15.4 Å². The third-order valence-electron chi connectivity index (χ3n) is 2.52. The first kappa shape index (κ1) is 15.6. The molecule has 2 aromatic rings. The molecule has 1 amide bonds. The number of furan rings is 1. The zero-order valence-electron chi connectivity index (χ0n) is 10.9. The molecule has 110 valence electrons. The molecule has 0 spiro atoms. The van der Waals surface area contributed by atoms with Crippen LogP contribution in [0.3, 0.4) is 0 Å². The monoisotopic (exact) mass is 371 g/mol. The molecule has 1 atom stereocenters. The summed E-state index contributed by atoms with van der Waals surface area (Å²) < 4.78 is 10.5. The van der Waals surface area contributed by atoms with Crippen LogP contribution in [0, 0.1) is 0 Å². The highest BCUT2D eigenvalue weighted by atomic mass is 79.9. The third kappa shape index (κ3) is 4.34. The molecule has 5 nitrogen and oxygen atoms in total. The van der Waals surface area contributed by atoms with E-state index < -0.39 is 18.0 Å². The molecule has 0 bridgehead atoms. The van der Waals surface area contributed by atoms with Gasteiger partial charge in [-0.1, -0.05) is 17.7 Å². The molecule has 0 saturated heterocycles. The molecule has 1 aromatic carbocycles. The van der Waals surface area contributed by atoms with Crippen LogP contribution in [0.2, 0.25) is 5.02 Å². The molecule has 0 unspecified atom stereocenters. The number of carbonyl (C=O) groups is 2. The Morgan fingerprint density at radius 1 is 1.33 bits per heavy atom. The van der Waals surface area contributed by atoms with E-state index in [1.165, 1.54) is 13.0 Å². The molecular formula is C14H11BrClNO4. The lowest BCUT2D eigenvalue weighted by atomic mass is 10.3. The van der Waals surface area contributed by atoms with E-state index in [-0.39, 0.29) is 5.76 Å². The van der Waals surface area contributed by atoms with Crippen molar-refractivity contribution in [2.45, 2.75) is 13.0 Å². The van der Waals surface area contributed by atoms with E-state index in [1.807, 2.05) is 0 Å². The maximum absolute atomic E-state index is 11.9. The fourth-order valence-electron chi connectivity index (χ4n) is 1.51. The highest BCUT2D eigenvalue weighted by Crippen LogP contribution is 2.17. The van der Waals surface area contributed by atoms with Crippen LogP contribution in [0.4, 0.5) is 5.69 Å². The number of benzene rings is 1. The fourth-order valence-corrected chi connectivity index (χ4v) is 2.00. The van der Waals surface area contributed by atoms with Gasteiger partial charge in [0.15, 0.2) is 10.8 Å². The van der Waals surface area contributed by atoms with Gasteiger partial charge in [-0.2, -0.15) is 0 Å². The number of nitrogens with one attached hydrogen (secondary N) is 1. The van der Waals surface area contributed by atoms with Gasteiger partial charge < -0.3 is 14.5 Å². The number of carbonyl (C=O) groups excluding carboxylic acids is 2. The van der Waals surface area contributed by atoms with Crippen molar-refractivity contribution in [2.24, 2.45) is 0 Å². The van der Waals surface area contributed by atoms with E-state index in [2.05, 4.69) is 21.2 Å². The average Bonchev–Trinajstić information content (AvgIpc) is 2.85. The topological polar surface area (TPSA) is 68.5 Å². The summed E-state index contributed by atoms with van der Waals surface area (Å²) in [5.74, 6) is -1.16. The van der Waals surface area contributed by atoms with Gasteiger partial charge in [-0.25, -0.2) is 4.79 Å². The van der Waals surface area contributed by atoms with Crippen molar-refractivity contribution in [1.29, 1.82) is 0 Å². The number of hydrogen-bond donors (Lipinski definition) is 1. The summed E-state index contributed by atoms with van der Waals surface area (Å²) in [6.45, 7) is 1.47. The summed E-state index contributed by atoms with van der Waals surface area (Å²) in [5, 5.41) is 3.10. The number of hydrogen-bond acceptors (Lipinski definition) is 4. The summed E-state index contributed by atoms with van der Waals surface area (Å²) in [6.07, 6.45) is -0.972.